The minimum Gasteiger partial charge on any atom is -0.105 e. The molecule has 0 unspecified atom stereocenters. The molecule has 0 spiro atoms. The van der Waals surface area contributed by atoms with Crippen LogP contribution in [0.25, 0.3) is 0 Å². The lowest BCUT2D eigenvalue weighted by Crippen LogP contribution is -1.93. The molecule has 10 heavy (non-hydrogen) atoms. The van der Waals surface area contributed by atoms with Gasteiger partial charge in [-0.15, -0.1) is 7.92 Å². The second kappa shape index (κ2) is 4.34. The van der Waals surface area contributed by atoms with Crippen LogP contribution in [0.15, 0.2) is 0 Å². The van der Waals surface area contributed by atoms with Crippen LogP contribution in [-0.4, -0.2) is 13.3 Å². The van der Waals surface area contributed by atoms with Crippen molar-refractivity contribution < 1.29 is 0 Å². The van der Waals surface area contributed by atoms with Crippen LogP contribution < -0.4 is 0 Å². The number of hydrogen-bond donors (Lipinski definition) is 0. The molecule has 1 rings (SSSR count). The summed E-state index contributed by atoms with van der Waals surface area (Å²) >= 11 is 0. The van der Waals surface area contributed by atoms with Gasteiger partial charge in [0.1, 0.15) is 0 Å². The fraction of sp³-hybridized carbons (Fsp3) is 0.222. The normalized spacial score (nSPS) is 23.1. The van der Waals surface area contributed by atoms with E-state index in [0.717, 1.165) is 0 Å². The van der Waals surface area contributed by atoms with Crippen molar-refractivity contribution in [2.75, 3.05) is 13.3 Å². The minimum atomic E-state index is 0.0674. The highest BCUT2D eigenvalue weighted by atomic mass is 31.1. The molecule has 7 radical (unpaired) electrons. The van der Waals surface area contributed by atoms with Crippen LogP contribution in [-0.2, 0) is 0 Å². The molecule has 0 nitrogen and oxygen atoms in total. The molecule has 0 saturated heterocycles. The molecule has 1 heteroatoms. The maximum atomic E-state index is 2.27. The van der Waals surface area contributed by atoms with Gasteiger partial charge in [-0.25, -0.2) is 0 Å². The molecular weight excluding hydrogens is 139 g/mol. The van der Waals surface area contributed by atoms with Crippen LogP contribution in [0.5, 0.6) is 0 Å². The molecule has 0 aromatic carbocycles. The van der Waals surface area contributed by atoms with Gasteiger partial charge in [0.2, 0.25) is 0 Å². The Hall–Kier alpha value is 0.430. The van der Waals surface area contributed by atoms with Crippen LogP contribution in [0.1, 0.15) is 0 Å². The van der Waals surface area contributed by atoms with Crippen molar-refractivity contribution in [3.05, 3.63) is 44.2 Å². The summed E-state index contributed by atoms with van der Waals surface area (Å²) in [6.07, 6.45) is 12.7. The van der Waals surface area contributed by atoms with E-state index in [1.165, 1.54) is 5.66 Å². The first kappa shape index (κ1) is 8.53. The summed E-state index contributed by atoms with van der Waals surface area (Å²) in [6, 6.07) is 0. The standard InChI is InChI=1S/C9H12P/c1-10(2)9-7-5-3-4-6-8-9/h3-8H,1-2H3. The van der Waals surface area contributed by atoms with Gasteiger partial charge in [0, 0.05) is 5.66 Å². The Morgan fingerprint density at radius 2 is 1.40 bits per heavy atom. The van der Waals surface area contributed by atoms with Crippen molar-refractivity contribution in [2.24, 2.45) is 0 Å². The maximum Gasteiger partial charge on any atom is 0.00700 e. The summed E-state index contributed by atoms with van der Waals surface area (Å²) in [5, 5.41) is 0. The van der Waals surface area contributed by atoms with Gasteiger partial charge in [-0.3, -0.25) is 0 Å². The van der Waals surface area contributed by atoms with Gasteiger partial charge >= 0.3 is 0 Å². The topological polar surface area (TPSA) is 0 Å². The fourth-order valence-corrected chi connectivity index (χ4v) is 1.56. The van der Waals surface area contributed by atoms with E-state index in [9.17, 15) is 0 Å². The van der Waals surface area contributed by atoms with E-state index >= 15 is 0 Å². The zero-order valence-electron chi connectivity index (χ0n) is 6.41. The molecule has 1 aliphatic rings. The van der Waals surface area contributed by atoms with Crippen LogP contribution in [0.4, 0.5) is 0 Å². The summed E-state index contributed by atoms with van der Waals surface area (Å²) in [5.41, 5.74) is 1.46. The predicted octanol–water partition coefficient (Wildman–Crippen LogP) is 2.50. The van der Waals surface area contributed by atoms with Gasteiger partial charge in [-0.1, -0.05) is 0 Å². The Balaban J connectivity index is 2.28. The lowest BCUT2D eigenvalue weighted by molar-refractivity contribution is 1.37. The van der Waals surface area contributed by atoms with Gasteiger partial charge in [0.25, 0.3) is 0 Å². The van der Waals surface area contributed by atoms with E-state index in [4.69, 9.17) is 0 Å². The van der Waals surface area contributed by atoms with Crippen molar-refractivity contribution in [1.82, 2.24) is 0 Å². The molecule has 0 heterocycles. The van der Waals surface area contributed by atoms with Crippen molar-refractivity contribution in [2.45, 2.75) is 0 Å². The highest BCUT2D eigenvalue weighted by molar-refractivity contribution is 7.59. The minimum absolute atomic E-state index is 0.0674. The molecule has 0 aromatic heterocycles. The fourth-order valence-electron chi connectivity index (χ4n) is 0.790. The van der Waals surface area contributed by atoms with E-state index < -0.39 is 0 Å². The highest BCUT2D eigenvalue weighted by Gasteiger charge is 2.16. The Morgan fingerprint density at radius 3 is 1.80 bits per heavy atom. The molecule has 0 aromatic rings. The van der Waals surface area contributed by atoms with Gasteiger partial charge in [-0.05, 0) is 51.9 Å². The van der Waals surface area contributed by atoms with Gasteiger partial charge in [-0.2, -0.15) is 0 Å². The Labute approximate surface area is 66.2 Å². The number of hydrogen-bond acceptors (Lipinski definition) is 0. The summed E-state index contributed by atoms with van der Waals surface area (Å²) in [5.74, 6) is 0. The summed E-state index contributed by atoms with van der Waals surface area (Å²) in [6.45, 7) is 4.54. The van der Waals surface area contributed by atoms with Crippen LogP contribution >= 0.6 is 7.92 Å². The van der Waals surface area contributed by atoms with Crippen LogP contribution in [0.3, 0.4) is 0 Å². The average Bonchev–Trinajstić information content (AvgIpc) is 2.12. The number of rotatable bonds is 1. The predicted molar refractivity (Wildman–Crippen MR) is 47.8 cm³/mol. The first-order valence-corrected chi connectivity index (χ1v) is 5.60. The van der Waals surface area contributed by atoms with Gasteiger partial charge in [0.15, 0.2) is 0 Å². The van der Waals surface area contributed by atoms with E-state index in [0.29, 0.717) is 0 Å². The zero-order valence-corrected chi connectivity index (χ0v) is 7.31. The van der Waals surface area contributed by atoms with E-state index in [1.54, 1.807) is 0 Å². The van der Waals surface area contributed by atoms with Gasteiger partial charge in [0.05, 0.1) is 0 Å². The molecule has 0 atom stereocenters. The zero-order chi connectivity index (χ0) is 7.40. The SMILES string of the molecule is CP(C)[C]1[CH][CH][CH][CH][CH][CH]1. The first-order valence-electron chi connectivity index (χ1n) is 3.36. The third-order valence-corrected chi connectivity index (χ3v) is 2.71. The van der Waals surface area contributed by atoms with E-state index in [-0.39, 0.29) is 7.92 Å². The van der Waals surface area contributed by atoms with Crippen molar-refractivity contribution >= 4 is 7.92 Å². The maximum absolute atomic E-state index is 2.27. The summed E-state index contributed by atoms with van der Waals surface area (Å²) < 4.78 is 0. The molecule has 0 aliphatic heterocycles. The summed E-state index contributed by atoms with van der Waals surface area (Å²) in [4.78, 5) is 0. The molecule has 53 valence electrons. The van der Waals surface area contributed by atoms with Crippen molar-refractivity contribution in [3.8, 4) is 0 Å². The Kier molecular flexibility index (Phi) is 3.70. The smallest absolute Gasteiger partial charge is 0.00700 e. The van der Waals surface area contributed by atoms with E-state index in [2.05, 4.69) is 51.9 Å². The monoisotopic (exact) mass is 151 g/mol. The molecule has 1 fully saturated rings. The third kappa shape index (κ3) is 2.58. The van der Waals surface area contributed by atoms with Crippen LogP contribution in [0.2, 0.25) is 0 Å². The molecule has 1 saturated carbocycles. The summed E-state index contributed by atoms with van der Waals surface area (Å²) in [7, 11) is 0.0674. The Bertz CT molecular complexity index is 80.7. The van der Waals surface area contributed by atoms with Crippen molar-refractivity contribution in [1.29, 1.82) is 0 Å². The van der Waals surface area contributed by atoms with Crippen molar-refractivity contribution in [3.63, 3.8) is 0 Å². The first-order chi connectivity index (χ1) is 4.80. The Morgan fingerprint density at radius 1 is 0.900 bits per heavy atom. The molecule has 1 aliphatic carbocycles. The van der Waals surface area contributed by atoms with Gasteiger partial charge < -0.3 is 0 Å². The quantitative estimate of drug-likeness (QED) is 0.399. The molecule has 0 N–H and O–H groups in total. The molecule has 0 amide bonds. The molecule has 0 bridgehead atoms. The highest BCUT2D eigenvalue weighted by Crippen LogP contribution is 2.45. The van der Waals surface area contributed by atoms with E-state index in [1.807, 2.05) is 0 Å². The van der Waals surface area contributed by atoms with Crippen LogP contribution in [0, 0.1) is 44.2 Å². The largest absolute Gasteiger partial charge is 0.105 e. The second-order valence-electron chi connectivity index (χ2n) is 2.42. The third-order valence-electron chi connectivity index (χ3n) is 1.38. The second-order valence-corrected chi connectivity index (χ2v) is 4.73. The average molecular weight is 151 g/mol. The lowest BCUT2D eigenvalue weighted by atomic mass is 10.2. The molecular formula is C9H12P. The lowest BCUT2D eigenvalue weighted by Gasteiger charge is -2.16.